The highest BCUT2D eigenvalue weighted by molar-refractivity contribution is 7.92. The van der Waals surface area contributed by atoms with Crippen molar-refractivity contribution in [2.24, 2.45) is 4.99 Å². The van der Waals surface area contributed by atoms with Gasteiger partial charge in [0, 0.05) is 24.9 Å². The van der Waals surface area contributed by atoms with Crippen LogP contribution in [-0.4, -0.2) is 39.7 Å². The summed E-state index contributed by atoms with van der Waals surface area (Å²) in [7, 11) is -0.709. The summed E-state index contributed by atoms with van der Waals surface area (Å²) in [5.41, 5.74) is 2.63. The largest absolute Gasteiger partial charge is 0.497 e. The predicted molar refractivity (Wildman–Crippen MR) is 137 cm³/mol. The smallest absolute Gasteiger partial charge is 0.279 e. The molecule has 0 radical (unpaired) electrons. The van der Waals surface area contributed by atoms with Crippen LogP contribution >= 0.6 is 11.3 Å². The normalized spacial score (nSPS) is 12.1. The molecule has 0 atom stereocenters. The average Bonchev–Trinajstić information content (AvgIpc) is 3.18. The maximum absolute atomic E-state index is 13.0. The highest BCUT2D eigenvalue weighted by Gasteiger charge is 2.16. The van der Waals surface area contributed by atoms with Gasteiger partial charge >= 0.3 is 0 Å². The van der Waals surface area contributed by atoms with Crippen molar-refractivity contribution in [1.29, 1.82) is 0 Å². The van der Waals surface area contributed by atoms with Crippen LogP contribution in [0, 0.1) is 6.92 Å². The molecule has 0 aliphatic rings. The number of nitrogens with one attached hydrogen (secondary N) is 1. The molecule has 1 amide bonds. The van der Waals surface area contributed by atoms with Crippen molar-refractivity contribution in [3.8, 4) is 5.75 Å². The second kappa shape index (κ2) is 10.4. The lowest BCUT2D eigenvalue weighted by Crippen LogP contribution is -2.19. The molecule has 1 N–H and O–H groups in total. The van der Waals surface area contributed by atoms with Gasteiger partial charge in [-0.05, 0) is 67.1 Å². The van der Waals surface area contributed by atoms with E-state index in [9.17, 15) is 13.2 Å². The van der Waals surface area contributed by atoms with Gasteiger partial charge in [0.2, 0.25) is 0 Å². The number of hydrogen-bond acceptors (Lipinski definition) is 6. The molecule has 8 nitrogen and oxygen atoms in total. The molecule has 0 fully saturated rings. The molecular formula is C25H25N3O5S2. The second-order valence-electron chi connectivity index (χ2n) is 7.78. The number of aromatic nitrogens is 1. The fourth-order valence-corrected chi connectivity index (χ4v) is 5.70. The summed E-state index contributed by atoms with van der Waals surface area (Å²) in [6, 6.07) is 18.4. The van der Waals surface area contributed by atoms with Gasteiger partial charge in [-0.25, -0.2) is 8.42 Å². The Morgan fingerprint density at radius 2 is 1.83 bits per heavy atom. The van der Waals surface area contributed by atoms with Crippen LogP contribution in [0.5, 0.6) is 5.75 Å². The van der Waals surface area contributed by atoms with Gasteiger partial charge in [0.1, 0.15) is 5.75 Å². The number of ether oxygens (including phenoxy) is 2. The van der Waals surface area contributed by atoms with Crippen LogP contribution < -0.4 is 14.3 Å². The Morgan fingerprint density at radius 1 is 1.06 bits per heavy atom. The number of benzene rings is 3. The van der Waals surface area contributed by atoms with Gasteiger partial charge in [0.15, 0.2) is 4.80 Å². The highest BCUT2D eigenvalue weighted by Crippen LogP contribution is 2.21. The van der Waals surface area contributed by atoms with Gasteiger partial charge in [-0.3, -0.25) is 9.52 Å². The van der Waals surface area contributed by atoms with Crippen molar-refractivity contribution in [1.82, 2.24) is 4.57 Å². The molecular weight excluding hydrogens is 486 g/mol. The van der Waals surface area contributed by atoms with Crippen molar-refractivity contribution < 1.29 is 22.7 Å². The first kappa shape index (κ1) is 24.6. The van der Waals surface area contributed by atoms with Crippen LogP contribution in [0.2, 0.25) is 0 Å². The number of hydrogen-bond donors (Lipinski definition) is 1. The van der Waals surface area contributed by atoms with E-state index in [4.69, 9.17) is 9.47 Å². The molecule has 0 bridgehead atoms. The van der Waals surface area contributed by atoms with Gasteiger partial charge < -0.3 is 14.0 Å². The zero-order valence-electron chi connectivity index (χ0n) is 19.5. The molecule has 0 saturated heterocycles. The molecule has 4 aromatic rings. The lowest BCUT2D eigenvalue weighted by Gasteiger charge is -2.09. The summed E-state index contributed by atoms with van der Waals surface area (Å²) in [5, 5.41) is 0. The van der Waals surface area contributed by atoms with Crippen LogP contribution in [0.15, 0.2) is 76.6 Å². The van der Waals surface area contributed by atoms with E-state index in [1.807, 2.05) is 23.6 Å². The van der Waals surface area contributed by atoms with Crippen molar-refractivity contribution in [3.05, 3.63) is 82.7 Å². The molecule has 182 valence electrons. The number of carbonyl (C=O) groups is 1. The summed E-state index contributed by atoms with van der Waals surface area (Å²) in [5.74, 6) is 0.0854. The van der Waals surface area contributed by atoms with Gasteiger partial charge in [-0.15, -0.1) is 0 Å². The van der Waals surface area contributed by atoms with E-state index < -0.39 is 15.9 Å². The Kier molecular flexibility index (Phi) is 7.34. The number of carbonyl (C=O) groups excluding carboxylic acids is 1. The highest BCUT2D eigenvalue weighted by atomic mass is 32.2. The fraction of sp³-hybridized carbons (Fsp3) is 0.200. The SMILES string of the molecule is COCCn1c(=NC(=O)c2cccc(NS(=O)(=O)c3ccc(OC)cc3)c2)sc2cc(C)ccc21. The molecule has 1 aromatic heterocycles. The first-order valence-corrected chi connectivity index (χ1v) is 13.1. The number of nitrogens with zero attached hydrogens (tertiary/aromatic N) is 2. The van der Waals surface area contributed by atoms with Crippen molar-refractivity contribution >= 4 is 43.2 Å². The molecule has 0 unspecified atom stereocenters. The number of sulfonamides is 1. The first-order valence-electron chi connectivity index (χ1n) is 10.8. The lowest BCUT2D eigenvalue weighted by molar-refractivity contribution is 0.0997. The van der Waals surface area contributed by atoms with E-state index in [2.05, 4.69) is 15.8 Å². The molecule has 3 aromatic carbocycles. The third-order valence-electron chi connectivity index (χ3n) is 5.29. The van der Waals surface area contributed by atoms with E-state index in [1.165, 1.54) is 36.6 Å². The standard InChI is InChI=1S/C25H25N3O5S2/c1-17-7-12-22-23(15-17)34-25(28(22)13-14-32-2)26-24(29)18-5-4-6-19(16-18)27-35(30,31)21-10-8-20(33-3)9-11-21/h4-12,15-16,27H,13-14H2,1-3H3. The summed E-state index contributed by atoms with van der Waals surface area (Å²) in [6.07, 6.45) is 0. The van der Waals surface area contributed by atoms with Gasteiger partial charge in [-0.2, -0.15) is 4.99 Å². The first-order chi connectivity index (χ1) is 16.8. The number of fused-ring (bicyclic) bond motifs is 1. The van der Waals surface area contributed by atoms with Crippen LogP contribution in [-0.2, 0) is 21.3 Å². The Bertz CT molecular complexity index is 1540. The number of thiazole rings is 1. The van der Waals surface area contributed by atoms with Crippen molar-refractivity contribution in [3.63, 3.8) is 0 Å². The fourth-order valence-electron chi connectivity index (χ4n) is 3.50. The average molecular weight is 512 g/mol. The number of aryl methyl sites for hydroxylation is 1. The number of amides is 1. The Morgan fingerprint density at radius 3 is 2.54 bits per heavy atom. The van der Waals surface area contributed by atoms with Crippen molar-refractivity contribution in [2.75, 3.05) is 25.5 Å². The molecule has 1 heterocycles. The molecule has 10 heteroatoms. The topological polar surface area (TPSA) is 99.0 Å². The van der Waals surface area contributed by atoms with E-state index in [0.29, 0.717) is 23.7 Å². The van der Waals surface area contributed by atoms with Crippen LogP contribution in [0.4, 0.5) is 5.69 Å². The van der Waals surface area contributed by atoms with E-state index >= 15 is 0 Å². The van der Waals surface area contributed by atoms with E-state index in [1.54, 1.807) is 37.4 Å². The molecule has 0 saturated carbocycles. The molecule has 0 aliphatic carbocycles. The van der Waals surface area contributed by atoms with Crippen LogP contribution in [0.3, 0.4) is 0 Å². The van der Waals surface area contributed by atoms with Gasteiger partial charge in [0.25, 0.3) is 15.9 Å². The zero-order chi connectivity index (χ0) is 25.0. The van der Waals surface area contributed by atoms with E-state index in [0.717, 1.165) is 15.8 Å². The second-order valence-corrected chi connectivity index (χ2v) is 10.5. The Labute approximate surface area is 207 Å². The third kappa shape index (κ3) is 5.61. The summed E-state index contributed by atoms with van der Waals surface area (Å²) < 4.78 is 41.3. The van der Waals surface area contributed by atoms with Crippen LogP contribution in [0.25, 0.3) is 10.2 Å². The minimum atomic E-state index is -3.84. The quantitative estimate of drug-likeness (QED) is 0.382. The third-order valence-corrected chi connectivity index (χ3v) is 7.72. The number of rotatable bonds is 8. The zero-order valence-corrected chi connectivity index (χ0v) is 21.2. The lowest BCUT2D eigenvalue weighted by atomic mass is 10.2. The maximum Gasteiger partial charge on any atom is 0.279 e. The number of anilines is 1. The monoisotopic (exact) mass is 511 g/mol. The van der Waals surface area contributed by atoms with Gasteiger partial charge in [0.05, 0.1) is 28.8 Å². The summed E-state index contributed by atoms with van der Waals surface area (Å²) >= 11 is 1.42. The molecule has 35 heavy (non-hydrogen) atoms. The Hall–Kier alpha value is -3.47. The molecule has 4 rings (SSSR count). The Balaban J connectivity index is 1.64. The van der Waals surface area contributed by atoms with Crippen molar-refractivity contribution in [2.45, 2.75) is 18.4 Å². The molecule has 0 spiro atoms. The summed E-state index contributed by atoms with van der Waals surface area (Å²) in [4.78, 5) is 18.0. The van der Waals surface area contributed by atoms with Crippen LogP contribution in [0.1, 0.15) is 15.9 Å². The minimum absolute atomic E-state index is 0.0828. The number of methoxy groups -OCH3 is 2. The van der Waals surface area contributed by atoms with Gasteiger partial charge in [-0.1, -0.05) is 23.5 Å². The minimum Gasteiger partial charge on any atom is -0.497 e. The molecule has 0 aliphatic heterocycles. The van der Waals surface area contributed by atoms with E-state index in [-0.39, 0.29) is 16.1 Å². The maximum atomic E-state index is 13.0. The predicted octanol–water partition coefficient (Wildman–Crippen LogP) is 4.21. The summed E-state index contributed by atoms with van der Waals surface area (Å²) in [6.45, 7) is 3.04.